The Morgan fingerprint density at radius 3 is 2.71 bits per heavy atom. The molecule has 0 aliphatic carbocycles. The van der Waals surface area contributed by atoms with Gasteiger partial charge in [-0.2, -0.15) is 5.10 Å². The van der Waals surface area contributed by atoms with Gasteiger partial charge < -0.3 is 5.73 Å². The Balaban J connectivity index is 2.58. The van der Waals surface area contributed by atoms with Crippen molar-refractivity contribution in [3.63, 3.8) is 0 Å². The van der Waals surface area contributed by atoms with E-state index in [2.05, 4.69) is 21.0 Å². The van der Waals surface area contributed by atoms with Crippen LogP contribution in [-0.2, 0) is 0 Å². The second-order valence-electron chi connectivity index (χ2n) is 3.10. The van der Waals surface area contributed by atoms with E-state index < -0.39 is 0 Å². The van der Waals surface area contributed by atoms with Crippen LogP contribution in [0, 0.1) is 6.92 Å². The third kappa shape index (κ3) is 1.53. The Hall–Kier alpha value is -1.29. The number of aryl methyl sites for hydroxylation is 1. The maximum atomic E-state index is 5.77. The Labute approximate surface area is 90.7 Å². The summed E-state index contributed by atoms with van der Waals surface area (Å²) in [6.45, 7) is 2.03. The summed E-state index contributed by atoms with van der Waals surface area (Å²) in [7, 11) is 0. The summed E-state index contributed by atoms with van der Waals surface area (Å²) in [6, 6.07) is 7.78. The lowest BCUT2D eigenvalue weighted by molar-refractivity contribution is 0.883. The molecule has 4 heteroatoms. The zero-order chi connectivity index (χ0) is 10.1. The molecule has 72 valence electrons. The zero-order valence-electron chi connectivity index (χ0n) is 7.74. The van der Waals surface area contributed by atoms with Crippen LogP contribution in [0.5, 0.6) is 0 Å². The topological polar surface area (TPSA) is 43.8 Å². The van der Waals surface area contributed by atoms with Gasteiger partial charge in [-0.15, -0.1) is 0 Å². The molecule has 2 aromatic rings. The summed E-state index contributed by atoms with van der Waals surface area (Å²) >= 11 is 3.42. The lowest BCUT2D eigenvalue weighted by atomic mass is 10.2. The number of aromatic nitrogens is 2. The first-order valence-corrected chi connectivity index (χ1v) is 5.04. The van der Waals surface area contributed by atoms with Crippen LogP contribution in [0.25, 0.3) is 5.69 Å². The number of nitrogen functional groups attached to an aromatic ring is 1. The lowest BCUT2D eigenvalue weighted by Crippen LogP contribution is -2.03. The van der Waals surface area contributed by atoms with Gasteiger partial charge in [-0.05, 0) is 30.7 Å². The van der Waals surface area contributed by atoms with E-state index in [0.717, 1.165) is 15.7 Å². The van der Waals surface area contributed by atoms with Crippen LogP contribution in [0.15, 0.2) is 34.9 Å². The molecule has 0 bridgehead atoms. The highest BCUT2D eigenvalue weighted by Crippen LogP contribution is 2.20. The molecule has 1 aromatic heterocycles. The van der Waals surface area contributed by atoms with E-state index in [4.69, 9.17) is 5.73 Å². The van der Waals surface area contributed by atoms with Crippen LogP contribution in [0.3, 0.4) is 0 Å². The molecule has 0 saturated heterocycles. The molecular weight excluding hydrogens is 242 g/mol. The first-order valence-electron chi connectivity index (χ1n) is 4.24. The molecule has 0 fully saturated rings. The van der Waals surface area contributed by atoms with Crippen LogP contribution in [-0.4, -0.2) is 9.78 Å². The van der Waals surface area contributed by atoms with Gasteiger partial charge >= 0.3 is 0 Å². The SMILES string of the molecule is Cc1cc(Br)ccc1-n1nccc1N. The third-order valence-electron chi connectivity index (χ3n) is 2.06. The monoisotopic (exact) mass is 251 g/mol. The van der Waals surface area contributed by atoms with Crippen molar-refractivity contribution in [2.24, 2.45) is 0 Å². The molecule has 0 atom stereocenters. The summed E-state index contributed by atoms with van der Waals surface area (Å²) in [5.74, 6) is 0.649. The minimum absolute atomic E-state index is 0.649. The predicted octanol–water partition coefficient (Wildman–Crippen LogP) is 2.53. The number of hydrogen-bond donors (Lipinski definition) is 1. The van der Waals surface area contributed by atoms with Crippen LogP contribution in [0.2, 0.25) is 0 Å². The molecule has 2 N–H and O–H groups in total. The van der Waals surface area contributed by atoms with Crippen molar-refractivity contribution < 1.29 is 0 Å². The maximum absolute atomic E-state index is 5.77. The number of nitrogens with zero attached hydrogens (tertiary/aromatic N) is 2. The van der Waals surface area contributed by atoms with E-state index in [9.17, 15) is 0 Å². The largest absolute Gasteiger partial charge is 0.384 e. The maximum Gasteiger partial charge on any atom is 0.127 e. The Morgan fingerprint density at radius 2 is 2.14 bits per heavy atom. The molecule has 0 unspecified atom stereocenters. The fourth-order valence-corrected chi connectivity index (χ4v) is 1.85. The Kier molecular flexibility index (Phi) is 2.29. The first kappa shape index (κ1) is 9.27. The number of anilines is 1. The highest BCUT2D eigenvalue weighted by atomic mass is 79.9. The quantitative estimate of drug-likeness (QED) is 0.847. The molecule has 1 heterocycles. The number of hydrogen-bond acceptors (Lipinski definition) is 2. The normalized spacial score (nSPS) is 10.4. The molecule has 0 radical (unpaired) electrons. The number of benzene rings is 1. The van der Waals surface area contributed by atoms with Gasteiger partial charge in [0.25, 0.3) is 0 Å². The standard InChI is InChI=1S/C10H10BrN3/c1-7-6-8(11)2-3-9(7)14-10(12)4-5-13-14/h2-6H,12H2,1H3. The van der Waals surface area contributed by atoms with Crippen molar-refractivity contribution in [2.45, 2.75) is 6.92 Å². The zero-order valence-corrected chi connectivity index (χ0v) is 9.32. The molecular formula is C10H10BrN3. The second-order valence-corrected chi connectivity index (χ2v) is 4.01. The molecule has 3 nitrogen and oxygen atoms in total. The Bertz CT molecular complexity index is 462. The van der Waals surface area contributed by atoms with Gasteiger partial charge in [0.2, 0.25) is 0 Å². The van der Waals surface area contributed by atoms with Gasteiger partial charge in [0.1, 0.15) is 5.82 Å². The van der Waals surface area contributed by atoms with Crippen molar-refractivity contribution in [2.75, 3.05) is 5.73 Å². The van der Waals surface area contributed by atoms with Gasteiger partial charge in [-0.3, -0.25) is 0 Å². The van der Waals surface area contributed by atoms with Crippen LogP contribution >= 0.6 is 15.9 Å². The van der Waals surface area contributed by atoms with Crippen molar-refractivity contribution in [1.29, 1.82) is 0 Å². The number of nitrogens with two attached hydrogens (primary N) is 1. The fraction of sp³-hybridized carbons (Fsp3) is 0.100. The average molecular weight is 252 g/mol. The lowest BCUT2D eigenvalue weighted by Gasteiger charge is -2.07. The molecule has 2 rings (SSSR count). The molecule has 0 amide bonds. The minimum atomic E-state index is 0.649. The molecule has 0 saturated carbocycles. The van der Waals surface area contributed by atoms with Crippen LogP contribution in [0.1, 0.15) is 5.56 Å². The summed E-state index contributed by atoms with van der Waals surface area (Å²) in [4.78, 5) is 0. The smallest absolute Gasteiger partial charge is 0.127 e. The van der Waals surface area contributed by atoms with Gasteiger partial charge in [0, 0.05) is 10.5 Å². The summed E-state index contributed by atoms with van der Waals surface area (Å²) < 4.78 is 2.78. The Morgan fingerprint density at radius 1 is 1.36 bits per heavy atom. The summed E-state index contributed by atoms with van der Waals surface area (Å²) in [5, 5.41) is 4.15. The molecule has 0 aliphatic heterocycles. The van der Waals surface area contributed by atoms with Gasteiger partial charge in [-0.1, -0.05) is 15.9 Å². The summed E-state index contributed by atoms with van der Waals surface area (Å²) in [6.07, 6.45) is 1.69. The minimum Gasteiger partial charge on any atom is -0.384 e. The highest BCUT2D eigenvalue weighted by Gasteiger charge is 2.04. The number of rotatable bonds is 1. The van der Waals surface area contributed by atoms with Gasteiger partial charge in [0.15, 0.2) is 0 Å². The van der Waals surface area contributed by atoms with Crippen molar-refractivity contribution >= 4 is 21.7 Å². The molecule has 0 spiro atoms. The van der Waals surface area contributed by atoms with E-state index in [0.29, 0.717) is 5.82 Å². The van der Waals surface area contributed by atoms with E-state index >= 15 is 0 Å². The van der Waals surface area contributed by atoms with E-state index in [1.165, 1.54) is 0 Å². The van der Waals surface area contributed by atoms with Crippen molar-refractivity contribution in [1.82, 2.24) is 9.78 Å². The third-order valence-corrected chi connectivity index (χ3v) is 2.55. The average Bonchev–Trinajstić information content (AvgIpc) is 2.52. The van der Waals surface area contributed by atoms with E-state index in [-0.39, 0.29) is 0 Å². The van der Waals surface area contributed by atoms with Crippen molar-refractivity contribution in [3.05, 3.63) is 40.5 Å². The second kappa shape index (κ2) is 3.46. The van der Waals surface area contributed by atoms with E-state index in [1.54, 1.807) is 16.9 Å². The highest BCUT2D eigenvalue weighted by molar-refractivity contribution is 9.10. The number of halogens is 1. The molecule has 14 heavy (non-hydrogen) atoms. The first-order chi connectivity index (χ1) is 6.68. The van der Waals surface area contributed by atoms with Crippen LogP contribution in [0.4, 0.5) is 5.82 Å². The molecule has 0 aliphatic rings. The summed E-state index contributed by atoms with van der Waals surface area (Å²) in [5.41, 5.74) is 7.91. The fourth-order valence-electron chi connectivity index (χ4n) is 1.37. The van der Waals surface area contributed by atoms with E-state index in [1.807, 2.05) is 25.1 Å². The van der Waals surface area contributed by atoms with Crippen LogP contribution < -0.4 is 5.73 Å². The van der Waals surface area contributed by atoms with Crippen molar-refractivity contribution in [3.8, 4) is 5.69 Å². The van der Waals surface area contributed by atoms with Gasteiger partial charge in [-0.25, -0.2) is 4.68 Å². The predicted molar refractivity (Wildman–Crippen MR) is 60.4 cm³/mol. The van der Waals surface area contributed by atoms with Gasteiger partial charge in [0.05, 0.1) is 11.9 Å². The molecule has 1 aromatic carbocycles.